The third-order valence-electron chi connectivity index (χ3n) is 4.65. The van der Waals surface area contributed by atoms with Crippen molar-refractivity contribution in [3.63, 3.8) is 0 Å². The Morgan fingerprint density at radius 1 is 1.30 bits per heavy atom. The zero-order valence-electron chi connectivity index (χ0n) is 12.6. The average Bonchev–Trinajstić information content (AvgIpc) is 2.89. The van der Waals surface area contributed by atoms with Crippen LogP contribution in [-0.2, 0) is 4.79 Å². The van der Waals surface area contributed by atoms with Gasteiger partial charge in [-0.1, -0.05) is 13.8 Å². The number of piperidine rings is 1. The maximum Gasteiger partial charge on any atom is 0.240 e. The van der Waals surface area contributed by atoms with Crippen molar-refractivity contribution < 1.29 is 4.79 Å². The van der Waals surface area contributed by atoms with E-state index in [9.17, 15) is 4.79 Å². The van der Waals surface area contributed by atoms with Crippen LogP contribution in [0.25, 0.3) is 0 Å². The van der Waals surface area contributed by atoms with Gasteiger partial charge in [-0.05, 0) is 45.2 Å². The molecule has 2 fully saturated rings. The molecule has 0 aromatic heterocycles. The molecule has 0 radical (unpaired) electrons. The predicted molar refractivity (Wildman–Crippen MR) is 88.0 cm³/mol. The SMILES string of the molecule is CCN1CCC(NC(=O)C2(CC)CCCN2)CC1.Cl.Cl. The van der Waals surface area contributed by atoms with E-state index < -0.39 is 0 Å². The van der Waals surface area contributed by atoms with Crippen LogP contribution in [0.3, 0.4) is 0 Å². The van der Waals surface area contributed by atoms with Crippen LogP contribution < -0.4 is 10.6 Å². The topological polar surface area (TPSA) is 44.4 Å². The molecule has 0 aromatic rings. The third-order valence-corrected chi connectivity index (χ3v) is 4.65. The lowest BCUT2D eigenvalue weighted by molar-refractivity contribution is -0.128. The number of hydrogen-bond acceptors (Lipinski definition) is 3. The maximum atomic E-state index is 12.4. The molecule has 2 rings (SSSR count). The largest absolute Gasteiger partial charge is 0.352 e. The van der Waals surface area contributed by atoms with Gasteiger partial charge in [-0.25, -0.2) is 0 Å². The zero-order chi connectivity index (χ0) is 13.0. The lowest BCUT2D eigenvalue weighted by atomic mass is 9.92. The lowest BCUT2D eigenvalue weighted by Crippen LogP contribution is -2.56. The number of nitrogens with one attached hydrogen (secondary N) is 2. The summed E-state index contributed by atoms with van der Waals surface area (Å²) in [5.41, 5.74) is -0.276. The highest BCUT2D eigenvalue weighted by molar-refractivity contribution is 5.87. The molecule has 4 nitrogen and oxygen atoms in total. The van der Waals surface area contributed by atoms with Gasteiger partial charge in [-0.15, -0.1) is 24.8 Å². The Kier molecular flexibility index (Phi) is 9.07. The molecule has 0 saturated carbocycles. The molecule has 2 saturated heterocycles. The van der Waals surface area contributed by atoms with Crippen LogP contribution in [0.2, 0.25) is 0 Å². The summed E-state index contributed by atoms with van der Waals surface area (Å²) < 4.78 is 0. The predicted octanol–water partition coefficient (Wildman–Crippen LogP) is 1.96. The summed E-state index contributed by atoms with van der Waals surface area (Å²) in [5, 5.41) is 6.68. The van der Waals surface area contributed by atoms with Crippen LogP contribution in [0.4, 0.5) is 0 Å². The van der Waals surface area contributed by atoms with Crippen molar-refractivity contribution in [2.75, 3.05) is 26.2 Å². The number of halogens is 2. The number of hydrogen-bond donors (Lipinski definition) is 2. The fourth-order valence-corrected chi connectivity index (χ4v) is 3.18. The van der Waals surface area contributed by atoms with Crippen LogP contribution in [0.1, 0.15) is 46.0 Å². The normalized spacial score (nSPS) is 27.5. The Bertz CT molecular complexity index is 288. The molecule has 0 bridgehead atoms. The second kappa shape index (κ2) is 9.08. The number of carbonyl (C=O) groups excluding carboxylic acids is 1. The van der Waals surface area contributed by atoms with Gasteiger partial charge in [0.2, 0.25) is 5.91 Å². The van der Waals surface area contributed by atoms with Crippen molar-refractivity contribution in [1.82, 2.24) is 15.5 Å². The van der Waals surface area contributed by atoms with E-state index in [-0.39, 0.29) is 36.3 Å². The maximum absolute atomic E-state index is 12.4. The van der Waals surface area contributed by atoms with Gasteiger partial charge < -0.3 is 15.5 Å². The molecule has 2 aliphatic rings. The fourth-order valence-electron chi connectivity index (χ4n) is 3.18. The van der Waals surface area contributed by atoms with Gasteiger partial charge in [-0.3, -0.25) is 4.79 Å². The monoisotopic (exact) mass is 325 g/mol. The van der Waals surface area contributed by atoms with E-state index in [1.807, 2.05) is 0 Å². The molecule has 120 valence electrons. The quantitative estimate of drug-likeness (QED) is 0.830. The van der Waals surface area contributed by atoms with E-state index in [1.54, 1.807) is 0 Å². The summed E-state index contributed by atoms with van der Waals surface area (Å²) in [6.07, 6.45) is 5.20. The first-order chi connectivity index (χ1) is 8.70. The van der Waals surface area contributed by atoms with Crippen molar-refractivity contribution in [1.29, 1.82) is 0 Å². The molecule has 1 unspecified atom stereocenters. The van der Waals surface area contributed by atoms with Crippen LogP contribution in [0.5, 0.6) is 0 Å². The molecular formula is C14H29Cl2N3O. The molecule has 6 heteroatoms. The minimum absolute atomic E-state index is 0. The summed E-state index contributed by atoms with van der Waals surface area (Å²) in [6, 6.07) is 0.381. The molecule has 2 N–H and O–H groups in total. The van der Waals surface area contributed by atoms with Crippen LogP contribution in [0, 0.1) is 0 Å². The molecular weight excluding hydrogens is 297 g/mol. The lowest BCUT2D eigenvalue weighted by Gasteiger charge is -2.34. The molecule has 0 aromatic carbocycles. The second-order valence-corrected chi connectivity index (χ2v) is 5.65. The van der Waals surface area contributed by atoms with Gasteiger partial charge in [0, 0.05) is 19.1 Å². The Hall–Kier alpha value is -0.0300. The van der Waals surface area contributed by atoms with Gasteiger partial charge in [0.1, 0.15) is 0 Å². The highest BCUT2D eigenvalue weighted by atomic mass is 35.5. The van der Waals surface area contributed by atoms with Gasteiger partial charge in [0.05, 0.1) is 5.54 Å². The van der Waals surface area contributed by atoms with E-state index in [1.165, 1.54) is 0 Å². The van der Waals surface area contributed by atoms with Gasteiger partial charge in [-0.2, -0.15) is 0 Å². The molecule has 0 spiro atoms. The molecule has 2 aliphatic heterocycles. The first-order valence-corrected chi connectivity index (χ1v) is 7.48. The molecule has 1 amide bonds. The Morgan fingerprint density at radius 2 is 1.95 bits per heavy atom. The minimum atomic E-state index is -0.276. The number of amides is 1. The molecule has 2 heterocycles. The first kappa shape index (κ1) is 20.0. The third kappa shape index (κ3) is 4.48. The van der Waals surface area contributed by atoms with Gasteiger partial charge >= 0.3 is 0 Å². The summed E-state index contributed by atoms with van der Waals surface area (Å²) >= 11 is 0. The smallest absolute Gasteiger partial charge is 0.240 e. The van der Waals surface area contributed by atoms with Crippen molar-refractivity contribution in [3.05, 3.63) is 0 Å². The van der Waals surface area contributed by atoms with Crippen molar-refractivity contribution in [3.8, 4) is 0 Å². The number of nitrogens with zero attached hydrogens (tertiary/aromatic N) is 1. The van der Waals surface area contributed by atoms with E-state index in [0.29, 0.717) is 6.04 Å². The van der Waals surface area contributed by atoms with Crippen molar-refractivity contribution >= 4 is 30.7 Å². The fraction of sp³-hybridized carbons (Fsp3) is 0.929. The summed E-state index contributed by atoms with van der Waals surface area (Å²) in [5.74, 6) is 0.234. The Morgan fingerprint density at radius 3 is 2.40 bits per heavy atom. The van der Waals surface area contributed by atoms with Gasteiger partial charge in [0.25, 0.3) is 0 Å². The van der Waals surface area contributed by atoms with Crippen molar-refractivity contribution in [2.24, 2.45) is 0 Å². The highest BCUT2D eigenvalue weighted by Gasteiger charge is 2.39. The van der Waals surface area contributed by atoms with Crippen LogP contribution in [0.15, 0.2) is 0 Å². The van der Waals surface area contributed by atoms with Crippen molar-refractivity contribution in [2.45, 2.75) is 57.5 Å². The standard InChI is InChI=1S/C14H27N3O.2ClH/c1-3-14(8-5-9-15-14)13(18)16-12-6-10-17(4-2)11-7-12;;/h12,15H,3-11H2,1-2H3,(H,16,18);2*1H. The Balaban J connectivity index is 0.00000180. The second-order valence-electron chi connectivity index (χ2n) is 5.65. The number of likely N-dealkylation sites (tertiary alicyclic amines) is 1. The van der Waals surface area contributed by atoms with E-state index in [2.05, 4.69) is 29.4 Å². The minimum Gasteiger partial charge on any atom is -0.352 e. The van der Waals surface area contributed by atoms with E-state index in [0.717, 1.165) is 58.3 Å². The number of carbonyl (C=O) groups is 1. The Labute approximate surface area is 135 Å². The number of rotatable bonds is 4. The van der Waals surface area contributed by atoms with Gasteiger partial charge in [0.15, 0.2) is 0 Å². The first-order valence-electron chi connectivity index (χ1n) is 7.48. The summed E-state index contributed by atoms with van der Waals surface area (Å²) in [7, 11) is 0. The van der Waals surface area contributed by atoms with Crippen LogP contribution in [-0.4, -0.2) is 48.6 Å². The average molecular weight is 326 g/mol. The summed E-state index contributed by atoms with van der Waals surface area (Å²) in [4.78, 5) is 14.9. The zero-order valence-corrected chi connectivity index (χ0v) is 14.2. The highest BCUT2D eigenvalue weighted by Crippen LogP contribution is 2.24. The molecule has 0 aliphatic carbocycles. The van der Waals surface area contributed by atoms with Crippen LogP contribution >= 0.6 is 24.8 Å². The van der Waals surface area contributed by atoms with E-state index >= 15 is 0 Å². The summed E-state index contributed by atoms with van der Waals surface area (Å²) in [6.45, 7) is 8.66. The molecule has 1 atom stereocenters. The molecule has 20 heavy (non-hydrogen) atoms. The van der Waals surface area contributed by atoms with E-state index in [4.69, 9.17) is 0 Å².